The molecule has 5 heteroatoms. The lowest BCUT2D eigenvalue weighted by molar-refractivity contribution is -0.112. The number of nitrogens with zero attached hydrogens (tertiary/aromatic N) is 2. The summed E-state index contributed by atoms with van der Waals surface area (Å²) in [5.74, 6) is 0.180. The quantitative estimate of drug-likeness (QED) is 0.427. The summed E-state index contributed by atoms with van der Waals surface area (Å²) in [7, 11) is 1.57. The Morgan fingerprint density at radius 2 is 1.90 bits per heavy atom. The number of aromatic nitrogens is 1. The van der Waals surface area contributed by atoms with Crippen LogP contribution < -0.4 is 10.1 Å². The highest BCUT2D eigenvalue weighted by Gasteiger charge is 2.16. The molecular formula is C26H27N3O2. The van der Waals surface area contributed by atoms with Gasteiger partial charge >= 0.3 is 0 Å². The number of rotatable bonds is 6. The van der Waals surface area contributed by atoms with E-state index in [1.165, 1.54) is 16.8 Å². The predicted octanol–water partition coefficient (Wildman–Crippen LogP) is 5.52. The molecule has 158 valence electrons. The molecule has 0 aliphatic heterocycles. The second-order valence-electron chi connectivity index (χ2n) is 7.45. The molecule has 1 heterocycles. The molecule has 0 atom stereocenters. The molecule has 0 spiro atoms. The first-order chi connectivity index (χ1) is 14.9. The van der Waals surface area contributed by atoms with Gasteiger partial charge in [-0.25, -0.2) is 0 Å². The van der Waals surface area contributed by atoms with Crippen molar-refractivity contribution in [3.63, 3.8) is 0 Å². The summed E-state index contributed by atoms with van der Waals surface area (Å²) in [6, 6.07) is 17.4. The molecule has 0 unspecified atom stereocenters. The van der Waals surface area contributed by atoms with Gasteiger partial charge in [-0.3, -0.25) is 4.79 Å². The fourth-order valence-electron chi connectivity index (χ4n) is 3.81. The van der Waals surface area contributed by atoms with Crippen molar-refractivity contribution < 1.29 is 9.53 Å². The summed E-state index contributed by atoms with van der Waals surface area (Å²) in [4.78, 5) is 12.7. The van der Waals surface area contributed by atoms with Gasteiger partial charge in [0.1, 0.15) is 17.4 Å². The van der Waals surface area contributed by atoms with E-state index >= 15 is 0 Å². The van der Waals surface area contributed by atoms with Crippen LogP contribution in [0.2, 0.25) is 0 Å². The first-order valence-electron chi connectivity index (χ1n) is 10.2. The molecule has 31 heavy (non-hydrogen) atoms. The summed E-state index contributed by atoms with van der Waals surface area (Å²) < 4.78 is 7.39. The molecule has 0 bridgehead atoms. The van der Waals surface area contributed by atoms with Gasteiger partial charge in [-0.15, -0.1) is 0 Å². The highest BCUT2D eigenvalue weighted by Crippen LogP contribution is 2.28. The number of aryl methyl sites for hydroxylation is 3. The van der Waals surface area contributed by atoms with Gasteiger partial charge in [0.2, 0.25) is 0 Å². The molecule has 0 fully saturated rings. The smallest absolute Gasteiger partial charge is 0.266 e. The SMILES string of the molecule is CCc1cccc(C)c1-n1c(C)cc(/C=C(\C#N)C(=O)Nc2cccc(OC)c2)c1C. The van der Waals surface area contributed by atoms with Crippen molar-refractivity contribution in [3.05, 3.63) is 82.2 Å². The minimum Gasteiger partial charge on any atom is -0.497 e. The van der Waals surface area contributed by atoms with Crippen LogP contribution in [0.4, 0.5) is 5.69 Å². The van der Waals surface area contributed by atoms with E-state index in [4.69, 9.17) is 4.74 Å². The molecule has 3 rings (SSSR count). The van der Waals surface area contributed by atoms with Crippen LogP contribution in [0.5, 0.6) is 5.75 Å². The number of hydrogen-bond acceptors (Lipinski definition) is 3. The number of anilines is 1. The zero-order valence-corrected chi connectivity index (χ0v) is 18.6. The van der Waals surface area contributed by atoms with E-state index in [-0.39, 0.29) is 5.57 Å². The fourth-order valence-corrected chi connectivity index (χ4v) is 3.81. The van der Waals surface area contributed by atoms with Gasteiger partial charge in [0.15, 0.2) is 0 Å². The van der Waals surface area contributed by atoms with Gasteiger partial charge in [-0.2, -0.15) is 5.26 Å². The van der Waals surface area contributed by atoms with E-state index in [2.05, 4.69) is 41.9 Å². The van der Waals surface area contributed by atoms with Crippen LogP contribution in [0.15, 0.2) is 54.1 Å². The van der Waals surface area contributed by atoms with Gasteiger partial charge in [0, 0.05) is 23.1 Å². The maximum absolute atomic E-state index is 12.7. The second-order valence-corrected chi connectivity index (χ2v) is 7.45. The highest BCUT2D eigenvalue weighted by atomic mass is 16.5. The number of ether oxygens (including phenoxy) is 1. The van der Waals surface area contributed by atoms with Gasteiger partial charge in [0.25, 0.3) is 5.91 Å². The monoisotopic (exact) mass is 413 g/mol. The number of carbonyl (C=O) groups excluding carboxylic acids is 1. The average Bonchev–Trinajstić information content (AvgIpc) is 3.04. The number of carbonyl (C=O) groups is 1. The third kappa shape index (κ3) is 4.54. The molecule has 0 aliphatic rings. The minimum absolute atomic E-state index is 0.0450. The second kappa shape index (κ2) is 9.36. The van der Waals surface area contributed by atoms with E-state index in [1.807, 2.05) is 26.0 Å². The van der Waals surface area contributed by atoms with Crippen molar-refractivity contribution in [1.82, 2.24) is 4.57 Å². The molecule has 0 saturated carbocycles. The van der Waals surface area contributed by atoms with Crippen molar-refractivity contribution >= 4 is 17.7 Å². The van der Waals surface area contributed by atoms with E-state index in [9.17, 15) is 10.1 Å². The lowest BCUT2D eigenvalue weighted by atomic mass is 10.1. The number of hydrogen-bond donors (Lipinski definition) is 1. The van der Waals surface area contributed by atoms with E-state index in [0.29, 0.717) is 11.4 Å². The Kier molecular flexibility index (Phi) is 6.61. The Labute approximate surface area is 183 Å². The maximum Gasteiger partial charge on any atom is 0.266 e. The van der Waals surface area contributed by atoms with Crippen molar-refractivity contribution in [2.75, 3.05) is 12.4 Å². The maximum atomic E-state index is 12.7. The minimum atomic E-state index is -0.453. The lowest BCUT2D eigenvalue weighted by Gasteiger charge is -2.17. The van der Waals surface area contributed by atoms with Gasteiger partial charge in [0.05, 0.1) is 12.8 Å². The van der Waals surface area contributed by atoms with Crippen LogP contribution in [0.1, 0.15) is 35.0 Å². The van der Waals surface area contributed by atoms with E-state index < -0.39 is 5.91 Å². The van der Waals surface area contributed by atoms with Crippen LogP contribution in [-0.2, 0) is 11.2 Å². The molecule has 5 nitrogen and oxygen atoms in total. The molecule has 0 aliphatic carbocycles. The molecule has 0 saturated heterocycles. The average molecular weight is 414 g/mol. The summed E-state index contributed by atoms with van der Waals surface area (Å²) in [6.07, 6.45) is 2.57. The van der Waals surface area contributed by atoms with E-state index in [0.717, 1.165) is 23.4 Å². The van der Waals surface area contributed by atoms with Crippen LogP contribution in [0.3, 0.4) is 0 Å². The van der Waals surface area contributed by atoms with Crippen molar-refractivity contribution in [2.24, 2.45) is 0 Å². The van der Waals surface area contributed by atoms with Crippen molar-refractivity contribution in [1.29, 1.82) is 5.26 Å². The zero-order valence-electron chi connectivity index (χ0n) is 18.6. The Morgan fingerprint density at radius 3 is 2.58 bits per heavy atom. The third-order valence-electron chi connectivity index (χ3n) is 5.39. The predicted molar refractivity (Wildman–Crippen MR) is 125 cm³/mol. The van der Waals surface area contributed by atoms with Gasteiger partial charge in [-0.1, -0.05) is 31.2 Å². The standard InChI is InChI=1S/C26H27N3O2/c1-6-20-10-7-9-17(2)25(20)29-18(3)13-21(19(29)4)14-22(16-27)26(30)28-23-11-8-12-24(15-23)31-5/h7-15H,6H2,1-5H3,(H,28,30)/b22-14+. The van der Waals surface area contributed by atoms with Crippen LogP contribution in [0.25, 0.3) is 11.8 Å². The summed E-state index contributed by atoms with van der Waals surface area (Å²) >= 11 is 0. The lowest BCUT2D eigenvalue weighted by Crippen LogP contribution is -2.13. The van der Waals surface area contributed by atoms with Gasteiger partial charge < -0.3 is 14.6 Å². The molecule has 1 N–H and O–H groups in total. The number of benzene rings is 2. The molecular weight excluding hydrogens is 386 g/mol. The van der Waals surface area contributed by atoms with E-state index in [1.54, 1.807) is 37.5 Å². The topological polar surface area (TPSA) is 67.0 Å². The molecule has 1 amide bonds. The largest absolute Gasteiger partial charge is 0.497 e. The summed E-state index contributed by atoms with van der Waals surface area (Å²) in [5, 5.41) is 12.4. The van der Waals surface area contributed by atoms with Crippen molar-refractivity contribution in [3.8, 4) is 17.5 Å². The number of methoxy groups -OCH3 is 1. The number of amides is 1. The first-order valence-corrected chi connectivity index (χ1v) is 10.2. The molecule has 0 radical (unpaired) electrons. The van der Waals surface area contributed by atoms with Crippen LogP contribution in [-0.4, -0.2) is 17.6 Å². The Morgan fingerprint density at radius 1 is 1.16 bits per heavy atom. The van der Waals surface area contributed by atoms with Crippen LogP contribution in [0, 0.1) is 32.1 Å². The number of para-hydroxylation sites is 1. The first kappa shape index (κ1) is 21.9. The van der Waals surface area contributed by atoms with Crippen LogP contribution >= 0.6 is 0 Å². The normalized spacial score (nSPS) is 11.2. The fraction of sp³-hybridized carbons (Fsp3) is 0.231. The Bertz CT molecular complexity index is 1200. The molecule has 2 aromatic carbocycles. The number of nitriles is 1. The molecule has 3 aromatic rings. The number of nitrogens with one attached hydrogen (secondary N) is 1. The summed E-state index contributed by atoms with van der Waals surface area (Å²) in [5.41, 5.74) is 7.12. The van der Waals surface area contributed by atoms with Gasteiger partial charge in [-0.05, 0) is 68.2 Å². The Hall–Kier alpha value is -3.78. The third-order valence-corrected chi connectivity index (χ3v) is 5.39. The zero-order chi connectivity index (χ0) is 22.5. The van der Waals surface area contributed by atoms with Crippen molar-refractivity contribution in [2.45, 2.75) is 34.1 Å². The highest BCUT2D eigenvalue weighted by molar-refractivity contribution is 6.09. The summed E-state index contributed by atoms with van der Waals surface area (Å²) in [6.45, 7) is 8.30. The molecule has 1 aromatic heterocycles. The Balaban J connectivity index is 1.98.